The molecule has 0 aromatic heterocycles. The molecule has 1 aliphatic heterocycles. The molecule has 1 fully saturated rings. The van der Waals surface area contributed by atoms with Crippen molar-refractivity contribution < 1.29 is 13.2 Å². The number of ether oxygens (including phenoxy) is 1. The number of benzene rings is 1. The molecule has 0 amide bonds. The standard InChI is InChI=1S/C10H13NO3S/c11-8-2-1-3-9(6-8)14-10-4-5-15(12,13)7-10/h1-3,6,10H,4-5,7,11H2. The molecule has 82 valence electrons. The molecule has 1 atom stereocenters. The van der Waals surface area contributed by atoms with E-state index in [1.54, 1.807) is 24.3 Å². The molecule has 0 aliphatic carbocycles. The van der Waals surface area contributed by atoms with Gasteiger partial charge in [0.2, 0.25) is 0 Å². The number of nitrogen functional groups attached to an aromatic ring is 1. The maximum absolute atomic E-state index is 11.2. The molecule has 4 nitrogen and oxygen atoms in total. The molecule has 2 rings (SSSR count). The smallest absolute Gasteiger partial charge is 0.154 e. The monoisotopic (exact) mass is 227 g/mol. The molecule has 0 radical (unpaired) electrons. The number of rotatable bonds is 2. The summed E-state index contributed by atoms with van der Waals surface area (Å²) < 4.78 is 27.9. The van der Waals surface area contributed by atoms with Gasteiger partial charge >= 0.3 is 0 Å². The number of sulfone groups is 1. The van der Waals surface area contributed by atoms with Crippen LogP contribution in [0.15, 0.2) is 24.3 Å². The second-order valence-electron chi connectivity index (χ2n) is 3.72. The highest BCUT2D eigenvalue weighted by molar-refractivity contribution is 7.91. The first kappa shape index (κ1) is 10.3. The van der Waals surface area contributed by atoms with Crippen molar-refractivity contribution >= 4 is 15.5 Å². The van der Waals surface area contributed by atoms with Gasteiger partial charge in [-0.1, -0.05) is 6.07 Å². The number of hydrogen-bond acceptors (Lipinski definition) is 4. The lowest BCUT2D eigenvalue weighted by atomic mass is 10.3. The molecule has 1 aliphatic rings. The van der Waals surface area contributed by atoms with Crippen molar-refractivity contribution in [1.82, 2.24) is 0 Å². The second-order valence-corrected chi connectivity index (χ2v) is 5.94. The van der Waals surface area contributed by atoms with Gasteiger partial charge in [0.1, 0.15) is 11.9 Å². The Morgan fingerprint density at radius 1 is 1.40 bits per heavy atom. The summed E-state index contributed by atoms with van der Waals surface area (Å²) in [6, 6.07) is 7.03. The summed E-state index contributed by atoms with van der Waals surface area (Å²) in [7, 11) is -2.88. The zero-order valence-electron chi connectivity index (χ0n) is 8.22. The molecule has 2 N–H and O–H groups in total. The van der Waals surface area contributed by atoms with Crippen molar-refractivity contribution in [1.29, 1.82) is 0 Å². The van der Waals surface area contributed by atoms with Crippen LogP contribution >= 0.6 is 0 Å². The maximum atomic E-state index is 11.2. The topological polar surface area (TPSA) is 69.4 Å². The summed E-state index contributed by atoms with van der Waals surface area (Å²) in [4.78, 5) is 0. The van der Waals surface area contributed by atoms with E-state index < -0.39 is 9.84 Å². The predicted octanol–water partition coefficient (Wildman–Crippen LogP) is 0.835. The van der Waals surface area contributed by atoms with Crippen LogP contribution in [-0.4, -0.2) is 26.0 Å². The van der Waals surface area contributed by atoms with Crippen LogP contribution in [0.2, 0.25) is 0 Å². The average molecular weight is 227 g/mol. The summed E-state index contributed by atoms with van der Waals surface area (Å²) in [5.74, 6) is 0.971. The van der Waals surface area contributed by atoms with Gasteiger partial charge in [0.15, 0.2) is 9.84 Å². The third-order valence-corrected chi connectivity index (χ3v) is 4.09. The highest BCUT2D eigenvalue weighted by Crippen LogP contribution is 2.21. The van der Waals surface area contributed by atoms with Gasteiger partial charge in [0, 0.05) is 11.8 Å². The first-order valence-corrected chi connectivity index (χ1v) is 6.60. The molecule has 5 heteroatoms. The third-order valence-electron chi connectivity index (χ3n) is 2.35. The fourth-order valence-corrected chi connectivity index (χ4v) is 3.22. The highest BCUT2D eigenvalue weighted by Gasteiger charge is 2.29. The van der Waals surface area contributed by atoms with Crippen molar-refractivity contribution in [2.45, 2.75) is 12.5 Å². The fraction of sp³-hybridized carbons (Fsp3) is 0.400. The van der Waals surface area contributed by atoms with E-state index in [9.17, 15) is 8.42 Å². The highest BCUT2D eigenvalue weighted by atomic mass is 32.2. The molecule has 1 saturated heterocycles. The first-order chi connectivity index (χ1) is 7.05. The van der Waals surface area contributed by atoms with E-state index in [0.29, 0.717) is 17.9 Å². The van der Waals surface area contributed by atoms with Crippen LogP contribution in [0.4, 0.5) is 5.69 Å². The summed E-state index contributed by atoms with van der Waals surface area (Å²) in [6.45, 7) is 0. The molecule has 0 bridgehead atoms. The fourth-order valence-electron chi connectivity index (χ4n) is 1.63. The molecule has 0 spiro atoms. The molecular weight excluding hydrogens is 214 g/mol. The largest absolute Gasteiger partial charge is 0.489 e. The van der Waals surface area contributed by atoms with Crippen molar-refractivity contribution in [3.8, 4) is 5.75 Å². The number of nitrogens with two attached hydrogens (primary N) is 1. The maximum Gasteiger partial charge on any atom is 0.154 e. The molecule has 15 heavy (non-hydrogen) atoms. The van der Waals surface area contributed by atoms with Crippen LogP contribution in [0.25, 0.3) is 0 Å². The lowest BCUT2D eigenvalue weighted by Gasteiger charge is -2.11. The van der Waals surface area contributed by atoms with Crippen LogP contribution in [-0.2, 0) is 9.84 Å². The molecule has 1 heterocycles. The molecular formula is C10H13NO3S. The Morgan fingerprint density at radius 2 is 2.20 bits per heavy atom. The van der Waals surface area contributed by atoms with Crippen LogP contribution in [0.3, 0.4) is 0 Å². The Kier molecular flexibility index (Phi) is 2.56. The van der Waals surface area contributed by atoms with Gasteiger partial charge in [-0.3, -0.25) is 0 Å². The van der Waals surface area contributed by atoms with Crippen LogP contribution in [0, 0.1) is 0 Å². The van der Waals surface area contributed by atoms with Crippen LogP contribution < -0.4 is 10.5 Å². The van der Waals surface area contributed by atoms with Gasteiger partial charge < -0.3 is 10.5 Å². The van der Waals surface area contributed by atoms with Gasteiger partial charge in [-0.2, -0.15) is 0 Å². The summed E-state index contributed by atoms with van der Waals surface area (Å²) in [6.07, 6.45) is 0.341. The van der Waals surface area contributed by atoms with E-state index in [-0.39, 0.29) is 17.6 Å². The molecule has 1 aromatic rings. The van der Waals surface area contributed by atoms with Gasteiger partial charge in [-0.15, -0.1) is 0 Å². The SMILES string of the molecule is Nc1cccc(OC2CCS(=O)(=O)C2)c1. The predicted molar refractivity (Wildman–Crippen MR) is 58.5 cm³/mol. The van der Waals surface area contributed by atoms with Crippen LogP contribution in [0.1, 0.15) is 6.42 Å². The van der Waals surface area contributed by atoms with Crippen molar-refractivity contribution in [2.75, 3.05) is 17.2 Å². The van der Waals surface area contributed by atoms with Crippen molar-refractivity contribution in [3.63, 3.8) is 0 Å². The minimum atomic E-state index is -2.88. The quantitative estimate of drug-likeness (QED) is 0.760. The number of anilines is 1. The number of hydrogen-bond donors (Lipinski definition) is 1. The van der Waals surface area contributed by atoms with E-state index in [1.807, 2.05) is 0 Å². The summed E-state index contributed by atoms with van der Waals surface area (Å²) >= 11 is 0. The molecule has 1 aromatic carbocycles. The Morgan fingerprint density at radius 3 is 2.80 bits per heavy atom. The minimum absolute atomic E-state index is 0.113. The molecule has 1 unspecified atom stereocenters. The van der Waals surface area contributed by atoms with Gasteiger partial charge in [0.05, 0.1) is 11.5 Å². The Bertz CT molecular complexity index is 455. The molecule has 0 saturated carbocycles. The Balaban J connectivity index is 2.05. The summed E-state index contributed by atoms with van der Waals surface area (Å²) in [5.41, 5.74) is 6.21. The second kappa shape index (κ2) is 3.73. The van der Waals surface area contributed by atoms with Gasteiger partial charge in [-0.25, -0.2) is 8.42 Å². The average Bonchev–Trinajstić information content (AvgIpc) is 2.45. The normalized spacial score (nSPS) is 23.9. The van der Waals surface area contributed by atoms with E-state index in [4.69, 9.17) is 10.5 Å². The van der Waals surface area contributed by atoms with E-state index >= 15 is 0 Å². The zero-order valence-corrected chi connectivity index (χ0v) is 9.03. The van der Waals surface area contributed by atoms with Crippen molar-refractivity contribution in [2.24, 2.45) is 0 Å². The zero-order chi connectivity index (χ0) is 10.9. The van der Waals surface area contributed by atoms with Gasteiger partial charge in [0.25, 0.3) is 0 Å². The third kappa shape index (κ3) is 2.62. The minimum Gasteiger partial charge on any atom is -0.489 e. The lowest BCUT2D eigenvalue weighted by molar-refractivity contribution is 0.229. The lowest BCUT2D eigenvalue weighted by Crippen LogP contribution is -2.17. The van der Waals surface area contributed by atoms with E-state index in [1.165, 1.54) is 0 Å². The first-order valence-electron chi connectivity index (χ1n) is 4.78. The van der Waals surface area contributed by atoms with Gasteiger partial charge in [-0.05, 0) is 18.6 Å². The van der Waals surface area contributed by atoms with E-state index in [2.05, 4.69) is 0 Å². The van der Waals surface area contributed by atoms with Crippen LogP contribution in [0.5, 0.6) is 5.75 Å². The van der Waals surface area contributed by atoms with E-state index in [0.717, 1.165) is 0 Å². The summed E-state index contributed by atoms with van der Waals surface area (Å²) in [5, 5.41) is 0. The van der Waals surface area contributed by atoms with Crippen molar-refractivity contribution in [3.05, 3.63) is 24.3 Å². The Labute approximate surface area is 89.0 Å². The Hall–Kier alpha value is -1.23.